The standard InChI is InChI=1S/C19H16N4O5/c1-20-15-9-4-12(11-16(15)23(26)27)18(24)21-13-5-7-14(8-6-13)22-19(25)17-3-2-10-28-17/h2-11,20H,1H3,(H,21,24)(H,22,25). The van der Waals surface area contributed by atoms with E-state index >= 15 is 0 Å². The highest BCUT2D eigenvalue weighted by molar-refractivity contribution is 6.05. The zero-order chi connectivity index (χ0) is 20.1. The Morgan fingerprint density at radius 3 is 2.14 bits per heavy atom. The second-order valence-electron chi connectivity index (χ2n) is 5.70. The summed E-state index contributed by atoms with van der Waals surface area (Å²) in [5.41, 5.74) is 1.28. The number of benzene rings is 2. The molecule has 0 aliphatic carbocycles. The summed E-state index contributed by atoms with van der Waals surface area (Å²) in [6, 6.07) is 13.8. The van der Waals surface area contributed by atoms with Crippen molar-refractivity contribution < 1.29 is 18.9 Å². The van der Waals surface area contributed by atoms with E-state index in [0.29, 0.717) is 17.1 Å². The highest BCUT2D eigenvalue weighted by atomic mass is 16.6. The summed E-state index contributed by atoms with van der Waals surface area (Å²) in [5, 5.41) is 19.1. The van der Waals surface area contributed by atoms with Gasteiger partial charge in [0.15, 0.2) is 5.76 Å². The summed E-state index contributed by atoms with van der Waals surface area (Å²) in [6.45, 7) is 0. The van der Waals surface area contributed by atoms with Gasteiger partial charge in [-0.05, 0) is 48.5 Å². The van der Waals surface area contributed by atoms with Gasteiger partial charge in [-0.3, -0.25) is 19.7 Å². The molecule has 9 heteroatoms. The fourth-order valence-corrected chi connectivity index (χ4v) is 2.48. The van der Waals surface area contributed by atoms with E-state index in [-0.39, 0.29) is 17.0 Å². The lowest BCUT2D eigenvalue weighted by molar-refractivity contribution is -0.384. The molecule has 0 bridgehead atoms. The second kappa shape index (κ2) is 8.04. The Kier molecular flexibility index (Phi) is 5.35. The highest BCUT2D eigenvalue weighted by Gasteiger charge is 2.17. The summed E-state index contributed by atoms with van der Waals surface area (Å²) in [6.07, 6.45) is 1.40. The Morgan fingerprint density at radius 1 is 0.964 bits per heavy atom. The van der Waals surface area contributed by atoms with Crippen molar-refractivity contribution in [3.63, 3.8) is 0 Å². The molecular weight excluding hydrogens is 364 g/mol. The Bertz CT molecular complexity index is 1010. The number of hydrogen-bond acceptors (Lipinski definition) is 6. The third kappa shape index (κ3) is 4.15. The van der Waals surface area contributed by atoms with Crippen molar-refractivity contribution in [2.45, 2.75) is 0 Å². The molecule has 0 fully saturated rings. The van der Waals surface area contributed by atoms with Crippen LogP contribution in [0, 0.1) is 10.1 Å². The van der Waals surface area contributed by atoms with Crippen molar-refractivity contribution in [1.29, 1.82) is 0 Å². The topological polar surface area (TPSA) is 127 Å². The number of carbonyl (C=O) groups is 2. The van der Waals surface area contributed by atoms with Gasteiger partial charge >= 0.3 is 0 Å². The van der Waals surface area contributed by atoms with Crippen LogP contribution >= 0.6 is 0 Å². The van der Waals surface area contributed by atoms with Gasteiger partial charge < -0.3 is 20.4 Å². The zero-order valence-corrected chi connectivity index (χ0v) is 14.8. The molecular formula is C19H16N4O5. The van der Waals surface area contributed by atoms with Gasteiger partial charge in [0.05, 0.1) is 11.2 Å². The molecule has 142 valence electrons. The number of carbonyl (C=O) groups excluding carboxylic acids is 2. The Morgan fingerprint density at radius 2 is 1.61 bits per heavy atom. The molecule has 2 amide bonds. The average Bonchev–Trinajstić information content (AvgIpc) is 3.24. The van der Waals surface area contributed by atoms with E-state index in [1.807, 2.05) is 0 Å². The molecule has 9 nitrogen and oxygen atoms in total. The molecule has 1 heterocycles. The van der Waals surface area contributed by atoms with Gasteiger partial charge in [-0.2, -0.15) is 0 Å². The van der Waals surface area contributed by atoms with Crippen LogP contribution in [-0.2, 0) is 0 Å². The SMILES string of the molecule is CNc1ccc(C(=O)Nc2ccc(NC(=O)c3ccco3)cc2)cc1[N+](=O)[O-]. The molecule has 0 spiro atoms. The van der Waals surface area contributed by atoms with Crippen molar-refractivity contribution >= 4 is 34.6 Å². The van der Waals surface area contributed by atoms with Crippen LogP contribution < -0.4 is 16.0 Å². The van der Waals surface area contributed by atoms with Crippen LogP contribution in [0.2, 0.25) is 0 Å². The summed E-state index contributed by atoms with van der Waals surface area (Å²) in [4.78, 5) is 34.9. The monoisotopic (exact) mass is 380 g/mol. The van der Waals surface area contributed by atoms with Crippen molar-refractivity contribution in [1.82, 2.24) is 0 Å². The largest absolute Gasteiger partial charge is 0.459 e. The smallest absolute Gasteiger partial charge is 0.293 e. The number of amides is 2. The fourth-order valence-electron chi connectivity index (χ4n) is 2.48. The Hall–Kier alpha value is -4.14. The molecule has 0 saturated heterocycles. The van der Waals surface area contributed by atoms with Crippen LogP contribution in [0.5, 0.6) is 0 Å². The number of nitro benzene ring substituents is 1. The molecule has 0 saturated carbocycles. The van der Waals surface area contributed by atoms with Crippen LogP contribution in [0.25, 0.3) is 0 Å². The molecule has 2 aromatic carbocycles. The normalized spacial score (nSPS) is 10.2. The van der Waals surface area contributed by atoms with Gasteiger partial charge in [-0.1, -0.05) is 0 Å². The van der Waals surface area contributed by atoms with Crippen LogP contribution in [0.4, 0.5) is 22.7 Å². The molecule has 3 aromatic rings. The summed E-state index contributed by atoms with van der Waals surface area (Å²) >= 11 is 0. The van der Waals surface area contributed by atoms with Crippen LogP contribution in [-0.4, -0.2) is 23.8 Å². The lowest BCUT2D eigenvalue weighted by Gasteiger charge is -2.08. The first-order valence-electron chi connectivity index (χ1n) is 8.20. The quantitative estimate of drug-likeness (QED) is 0.442. The number of nitrogens with zero attached hydrogens (tertiary/aromatic N) is 1. The predicted octanol–water partition coefficient (Wildman–Crippen LogP) is 3.73. The first-order valence-corrected chi connectivity index (χ1v) is 8.20. The molecule has 0 aliphatic rings. The summed E-state index contributed by atoms with van der Waals surface area (Å²) < 4.78 is 5.01. The Labute approximate surface area is 159 Å². The van der Waals surface area contributed by atoms with Crippen molar-refractivity contribution in [3.05, 3.63) is 82.3 Å². The molecule has 0 atom stereocenters. The van der Waals surface area contributed by atoms with E-state index in [9.17, 15) is 19.7 Å². The molecule has 28 heavy (non-hydrogen) atoms. The van der Waals surface area contributed by atoms with Crippen LogP contribution in [0.15, 0.2) is 65.3 Å². The van der Waals surface area contributed by atoms with Gasteiger partial charge in [0.25, 0.3) is 17.5 Å². The second-order valence-corrected chi connectivity index (χ2v) is 5.70. The molecule has 0 radical (unpaired) electrons. The highest BCUT2D eigenvalue weighted by Crippen LogP contribution is 2.25. The number of anilines is 3. The zero-order valence-electron chi connectivity index (χ0n) is 14.8. The third-order valence-electron chi connectivity index (χ3n) is 3.87. The Balaban J connectivity index is 1.68. The van der Waals surface area contributed by atoms with E-state index in [1.165, 1.54) is 24.5 Å². The maximum atomic E-state index is 12.4. The van der Waals surface area contributed by atoms with E-state index in [4.69, 9.17) is 4.42 Å². The summed E-state index contributed by atoms with van der Waals surface area (Å²) in [5.74, 6) is -0.694. The van der Waals surface area contributed by atoms with Gasteiger partial charge in [0.2, 0.25) is 0 Å². The molecule has 1 aromatic heterocycles. The van der Waals surface area contributed by atoms with Gasteiger partial charge in [0, 0.05) is 30.1 Å². The third-order valence-corrected chi connectivity index (χ3v) is 3.87. The van der Waals surface area contributed by atoms with Crippen LogP contribution in [0.1, 0.15) is 20.9 Å². The predicted molar refractivity (Wildman–Crippen MR) is 104 cm³/mol. The minimum atomic E-state index is -0.556. The maximum absolute atomic E-state index is 12.4. The number of hydrogen-bond donors (Lipinski definition) is 3. The summed E-state index contributed by atoms with van der Waals surface area (Å²) in [7, 11) is 1.56. The van der Waals surface area contributed by atoms with Crippen molar-refractivity contribution in [2.75, 3.05) is 23.0 Å². The molecule has 3 rings (SSSR count). The lowest BCUT2D eigenvalue weighted by atomic mass is 10.1. The first-order chi connectivity index (χ1) is 13.5. The lowest BCUT2D eigenvalue weighted by Crippen LogP contribution is -2.13. The average molecular weight is 380 g/mol. The van der Waals surface area contributed by atoms with Gasteiger partial charge in [0.1, 0.15) is 5.69 Å². The fraction of sp³-hybridized carbons (Fsp3) is 0.0526. The van der Waals surface area contributed by atoms with Crippen molar-refractivity contribution in [3.8, 4) is 0 Å². The number of rotatable bonds is 6. The number of furan rings is 1. The number of nitro groups is 1. The first kappa shape index (κ1) is 18.6. The van der Waals surface area contributed by atoms with Crippen molar-refractivity contribution in [2.24, 2.45) is 0 Å². The van der Waals surface area contributed by atoms with Crippen LogP contribution in [0.3, 0.4) is 0 Å². The number of nitrogens with one attached hydrogen (secondary N) is 3. The molecule has 0 unspecified atom stereocenters. The van der Waals surface area contributed by atoms with Gasteiger partial charge in [-0.25, -0.2) is 0 Å². The molecule has 0 aliphatic heterocycles. The van der Waals surface area contributed by atoms with E-state index in [2.05, 4.69) is 16.0 Å². The van der Waals surface area contributed by atoms with E-state index in [1.54, 1.807) is 43.4 Å². The van der Waals surface area contributed by atoms with E-state index < -0.39 is 16.7 Å². The van der Waals surface area contributed by atoms with E-state index in [0.717, 1.165) is 0 Å². The minimum absolute atomic E-state index is 0.154. The minimum Gasteiger partial charge on any atom is -0.459 e. The maximum Gasteiger partial charge on any atom is 0.293 e. The van der Waals surface area contributed by atoms with Gasteiger partial charge in [-0.15, -0.1) is 0 Å². The molecule has 3 N–H and O–H groups in total.